The number of rotatable bonds is 10. The van der Waals surface area contributed by atoms with Crippen molar-refractivity contribution in [3.63, 3.8) is 0 Å². The zero-order chi connectivity index (χ0) is 26.0. The molecule has 0 radical (unpaired) electrons. The van der Waals surface area contributed by atoms with E-state index in [4.69, 9.17) is 4.98 Å². The fourth-order valence-corrected chi connectivity index (χ4v) is 5.08. The Morgan fingerprint density at radius 3 is 2.44 bits per heavy atom. The van der Waals surface area contributed by atoms with Gasteiger partial charge in [-0.05, 0) is 43.9 Å². The third-order valence-electron chi connectivity index (χ3n) is 6.89. The van der Waals surface area contributed by atoms with Gasteiger partial charge in [0.15, 0.2) is 5.65 Å². The van der Waals surface area contributed by atoms with E-state index in [1.165, 1.54) is 6.07 Å². The van der Waals surface area contributed by atoms with Crippen molar-refractivity contribution in [2.75, 3.05) is 5.32 Å². The van der Waals surface area contributed by atoms with Crippen LogP contribution in [0.2, 0.25) is 0 Å². The number of hydrogen-bond acceptors (Lipinski definition) is 4. The molecule has 0 saturated carbocycles. The van der Waals surface area contributed by atoms with E-state index in [9.17, 15) is 18.0 Å². The molecule has 0 saturated heterocycles. The van der Waals surface area contributed by atoms with Gasteiger partial charge in [-0.25, -0.2) is 9.67 Å². The van der Waals surface area contributed by atoms with E-state index in [-0.39, 0.29) is 30.6 Å². The van der Waals surface area contributed by atoms with Crippen LogP contribution in [0.25, 0.3) is 11.0 Å². The highest BCUT2D eigenvalue weighted by Crippen LogP contribution is 2.36. The molecule has 0 fully saturated rings. The summed E-state index contributed by atoms with van der Waals surface area (Å²) >= 11 is 0. The molecule has 1 aliphatic rings. The number of nitrogens with zero attached hydrogens (tertiary/aromatic N) is 4. The van der Waals surface area contributed by atoms with Gasteiger partial charge in [-0.15, -0.1) is 0 Å². The minimum absolute atomic E-state index is 0.125. The molecule has 36 heavy (non-hydrogen) atoms. The molecule has 4 rings (SSSR count). The summed E-state index contributed by atoms with van der Waals surface area (Å²) in [6, 6.07) is 3.71. The van der Waals surface area contributed by atoms with Gasteiger partial charge in [-0.1, -0.05) is 39.7 Å². The number of carbonyl (C=O) groups excluding carboxylic acids is 1. The van der Waals surface area contributed by atoms with E-state index in [0.717, 1.165) is 65.8 Å². The molecule has 194 valence electrons. The van der Waals surface area contributed by atoms with Crippen LogP contribution in [0.1, 0.15) is 86.1 Å². The number of halogens is 3. The number of fused-ring (bicyclic) bond motifs is 2. The molecule has 2 aromatic heterocycles. The monoisotopic (exact) mass is 501 g/mol. The van der Waals surface area contributed by atoms with Crippen molar-refractivity contribution in [1.29, 1.82) is 0 Å². The first-order valence-corrected chi connectivity index (χ1v) is 12.8. The summed E-state index contributed by atoms with van der Waals surface area (Å²) in [6.45, 7) is 9.60. The highest BCUT2D eigenvalue weighted by Gasteiger charge is 2.35. The molecule has 1 N–H and O–H groups in total. The van der Waals surface area contributed by atoms with Gasteiger partial charge in [0.25, 0.3) is 5.91 Å². The number of amides is 1. The van der Waals surface area contributed by atoms with Gasteiger partial charge in [0.05, 0.1) is 29.4 Å². The molecule has 0 bridgehead atoms. The van der Waals surface area contributed by atoms with Gasteiger partial charge in [0.2, 0.25) is 0 Å². The fraction of sp³-hybridized carbons (Fsp3) is 0.519. The summed E-state index contributed by atoms with van der Waals surface area (Å²) in [5.41, 5.74) is 3.46. The standard InChI is InChI=1S/C27H34F3N5O/c1-5-9-19(10-6-2)32-24-21-14-31-35(8-4)25(21)33-23(7-3)22(24)16-34-15-17-11-12-18(27(28,29)30)13-20(17)26(34)36/h11-14,19H,5-10,15-16H2,1-4H3,(H,32,33). The van der Waals surface area contributed by atoms with Crippen molar-refractivity contribution in [3.8, 4) is 0 Å². The third kappa shape index (κ3) is 4.92. The van der Waals surface area contributed by atoms with Gasteiger partial charge in [-0.2, -0.15) is 18.3 Å². The van der Waals surface area contributed by atoms with Crippen LogP contribution in [-0.2, 0) is 32.2 Å². The summed E-state index contributed by atoms with van der Waals surface area (Å²) in [6.07, 6.45) is 2.09. The molecule has 1 amide bonds. The van der Waals surface area contributed by atoms with Crippen LogP contribution < -0.4 is 5.32 Å². The van der Waals surface area contributed by atoms with Crippen LogP contribution >= 0.6 is 0 Å². The van der Waals surface area contributed by atoms with Crippen molar-refractivity contribution in [2.45, 2.75) is 91.7 Å². The molecule has 9 heteroatoms. The molecular weight excluding hydrogens is 467 g/mol. The molecule has 0 aliphatic carbocycles. The molecule has 0 spiro atoms. The van der Waals surface area contributed by atoms with Crippen molar-refractivity contribution in [1.82, 2.24) is 19.7 Å². The summed E-state index contributed by atoms with van der Waals surface area (Å²) < 4.78 is 41.6. The summed E-state index contributed by atoms with van der Waals surface area (Å²) in [4.78, 5) is 19.8. The fourth-order valence-electron chi connectivity index (χ4n) is 5.08. The van der Waals surface area contributed by atoms with Crippen molar-refractivity contribution in [3.05, 3.63) is 52.3 Å². The SMILES string of the molecule is CCCC(CCC)Nc1c(CN2Cc3ccc(C(F)(F)F)cc3C2=O)c(CC)nc2c1cnn2CC. The second-order valence-corrected chi connectivity index (χ2v) is 9.41. The Morgan fingerprint density at radius 2 is 1.83 bits per heavy atom. The van der Waals surface area contributed by atoms with Crippen molar-refractivity contribution >= 4 is 22.6 Å². The van der Waals surface area contributed by atoms with Crippen LogP contribution in [-0.4, -0.2) is 31.6 Å². The van der Waals surface area contributed by atoms with Crippen molar-refractivity contribution < 1.29 is 18.0 Å². The Hall–Kier alpha value is -3.10. The summed E-state index contributed by atoms with van der Waals surface area (Å²) in [5.74, 6) is -0.382. The zero-order valence-corrected chi connectivity index (χ0v) is 21.4. The predicted octanol–water partition coefficient (Wildman–Crippen LogP) is 6.57. The highest BCUT2D eigenvalue weighted by atomic mass is 19.4. The quantitative estimate of drug-likeness (QED) is 0.341. The number of carbonyl (C=O) groups is 1. The van der Waals surface area contributed by atoms with Crippen LogP contribution in [0, 0.1) is 0 Å². The number of anilines is 1. The minimum Gasteiger partial charge on any atom is -0.381 e. The van der Waals surface area contributed by atoms with Gasteiger partial charge in [-0.3, -0.25) is 4.79 Å². The second-order valence-electron chi connectivity index (χ2n) is 9.41. The molecule has 3 aromatic rings. The first kappa shape index (κ1) is 26.0. The van der Waals surface area contributed by atoms with Gasteiger partial charge in [0.1, 0.15) is 0 Å². The lowest BCUT2D eigenvalue weighted by Crippen LogP contribution is -2.27. The van der Waals surface area contributed by atoms with E-state index in [2.05, 4.69) is 24.3 Å². The molecule has 0 unspecified atom stereocenters. The maximum Gasteiger partial charge on any atom is 0.416 e. The van der Waals surface area contributed by atoms with E-state index >= 15 is 0 Å². The Morgan fingerprint density at radius 1 is 1.11 bits per heavy atom. The highest BCUT2D eigenvalue weighted by molar-refractivity contribution is 5.99. The molecule has 0 atom stereocenters. The Kier molecular flexibility index (Phi) is 7.57. The lowest BCUT2D eigenvalue weighted by atomic mass is 10.0. The number of nitrogens with one attached hydrogen (secondary N) is 1. The van der Waals surface area contributed by atoms with Crippen LogP contribution in [0.3, 0.4) is 0 Å². The average Bonchev–Trinajstić information content (AvgIpc) is 3.40. The number of aromatic nitrogens is 3. The van der Waals surface area contributed by atoms with Gasteiger partial charge >= 0.3 is 6.18 Å². The summed E-state index contributed by atoms with van der Waals surface area (Å²) in [7, 11) is 0. The largest absolute Gasteiger partial charge is 0.416 e. The zero-order valence-electron chi connectivity index (χ0n) is 21.4. The molecule has 1 aromatic carbocycles. The molecular formula is C27H34F3N5O. The Balaban J connectivity index is 1.76. The lowest BCUT2D eigenvalue weighted by molar-refractivity contribution is -0.137. The van der Waals surface area contributed by atoms with Gasteiger partial charge < -0.3 is 10.2 Å². The predicted molar refractivity (Wildman–Crippen MR) is 135 cm³/mol. The molecule has 6 nitrogen and oxygen atoms in total. The number of benzene rings is 1. The first-order chi connectivity index (χ1) is 17.2. The van der Waals surface area contributed by atoms with E-state index in [0.29, 0.717) is 18.5 Å². The van der Waals surface area contributed by atoms with Crippen molar-refractivity contribution in [2.24, 2.45) is 0 Å². The van der Waals surface area contributed by atoms with Crippen LogP contribution in [0.4, 0.5) is 18.9 Å². The van der Waals surface area contributed by atoms with E-state index in [1.807, 2.05) is 24.7 Å². The second kappa shape index (κ2) is 10.5. The van der Waals surface area contributed by atoms with E-state index < -0.39 is 11.7 Å². The minimum atomic E-state index is -4.49. The Bertz CT molecular complexity index is 1240. The smallest absolute Gasteiger partial charge is 0.381 e. The average molecular weight is 502 g/mol. The number of hydrogen-bond donors (Lipinski definition) is 1. The van der Waals surface area contributed by atoms with Gasteiger partial charge in [0, 0.05) is 36.0 Å². The van der Waals surface area contributed by atoms with Crippen LogP contribution in [0.5, 0.6) is 0 Å². The van der Waals surface area contributed by atoms with Crippen LogP contribution in [0.15, 0.2) is 24.4 Å². The first-order valence-electron chi connectivity index (χ1n) is 12.8. The lowest BCUT2D eigenvalue weighted by Gasteiger charge is -2.25. The van der Waals surface area contributed by atoms with E-state index in [1.54, 1.807) is 4.90 Å². The number of aryl methyl sites for hydroxylation is 2. The normalized spacial score (nSPS) is 13.8. The maximum absolute atomic E-state index is 13.3. The third-order valence-corrected chi connectivity index (χ3v) is 6.89. The Labute approximate surface area is 209 Å². The molecule has 3 heterocycles. The maximum atomic E-state index is 13.3. The summed E-state index contributed by atoms with van der Waals surface area (Å²) in [5, 5.41) is 9.20. The topological polar surface area (TPSA) is 63.1 Å². The number of alkyl halides is 3. The molecule has 1 aliphatic heterocycles. The number of pyridine rings is 1.